The molecular formula is C38H40F3N9O2. The first-order valence-corrected chi connectivity index (χ1v) is 17.0. The van der Waals surface area contributed by atoms with Crippen LogP contribution in [0.25, 0.3) is 5.57 Å². The number of nitriles is 1. The molecule has 1 spiro atoms. The summed E-state index contributed by atoms with van der Waals surface area (Å²) in [6.07, 6.45) is 0.0986. The van der Waals surface area contributed by atoms with Crippen molar-refractivity contribution in [1.82, 2.24) is 15.1 Å². The summed E-state index contributed by atoms with van der Waals surface area (Å²) in [5, 5.41) is 40.6. The standard InChI is InChI=1S/C38H40F3N9O2/c1-46-23-47-35(45)26-4-2-24(3-5-26)25-10-14-49(15-11-25)33(51)21-48-16-12-37(22-48)13-17-50(36(37)52)29-7-9-32(43)30(19-29)34(44)27-6-8-31(38(39,40)41)28(18-27)20-42/h2-10,18-19,23,36,44,52H,11-17,21-22,43H2,1H3,(H2,45,46,47)/t36?,37-/m0/s1. The molecule has 2 fully saturated rings. The van der Waals surface area contributed by atoms with Gasteiger partial charge in [0.1, 0.15) is 6.23 Å². The number of rotatable bonds is 8. The second kappa shape index (κ2) is 14.6. The number of amides is 1. The second-order valence-electron chi connectivity index (χ2n) is 13.4. The van der Waals surface area contributed by atoms with Crippen LogP contribution in [0.5, 0.6) is 0 Å². The zero-order valence-corrected chi connectivity index (χ0v) is 28.7. The van der Waals surface area contributed by atoms with Crippen molar-refractivity contribution in [2.75, 3.05) is 56.9 Å². The molecule has 6 rings (SSSR count). The van der Waals surface area contributed by atoms with Crippen molar-refractivity contribution in [3.8, 4) is 6.07 Å². The highest BCUT2D eigenvalue weighted by Gasteiger charge is 2.51. The predicted molar refractivity (Wildman–Crippen MR) is 194 cm³/mol. The molecule has 2 atom stereocenters. The highest BCUT2D eigenvalue weighted by molar-refractivity contribution is 6.14. The van der Waals surface area contributed by atoms with Crippen LogP contribution in [0.4, 0.5) is 24.5 Å². The summed E-state index contributed by atoms with van der Waals surface area (Å²) in [5.74, 6) is 0.205. The SMILES string of the molecule is CN/C=N\C(=N)c1ccc(C2=CCN(C(=O)CN3CC[C@]4(CCN(c5ccc(N)c(C(=N)c6ccc(C(F)(F)F)c(C#N)c6)c5)C4O)C3)CC2)cc1. The molecule has 1 amide bonds. The summed E-state index contributed by atoms with van der Waals surface area (Å²) < 4.78 is 40.0. The van der Waals surface area contributed by atoms with Gasteiger partial charge in [-0.3, -0.25) is 20.5 Å². The number of nitrogens with two attached hydrogens (primary N) is 1. The molecule has 3 aromatic carbocycles. The van der Waals surface area contributed by atoms with E-state index in [0.29, 0.717) is 56.8 Å². The summed E-state index contributed by atoms with van der Waals surface area (Å²) in [5.41, 5.74) is 8.15. The lowest BCUT2D eigenvalue weighted by Crippen LogP contribution is -2.44. The van der Waals surface area contributed by atoms with Gasteiger partial charge in [0.05, 0.1) is 35.8 Å². The van der Waals surface area contributed by atoms with E-state index in [9.17, 15) is 28.3 Å². The van der Waals surface area contributed by atoms with Crippen molar-refractivity contribution in [2.45, 2.75) is 31.7 Å². The molecule has 3 aliphatic rings. The van der Waals surface area contributed by atoms with Crippen LogP contribution < -0.4 is 16.0 Å². The van der Waals surface area contributed by atoms with Gasteiger partial charge in [0, 0.05) is 66.7 Å². The van der Waals surface area contributed by atoms with Crippen LogP contribution in [-0.4, -0.2) is 91.2 Å². The van der Waals surface area contributed by atoms with Gasteiger partial charge >= 0.3 is 6.18 Å². The fourth-order valence-corrected chi connectivity index (χ4v) is 7.36. The molecule has 2 saturated heterocycles. The number of benzene rings is 3. The number of aliphatic hydroxyl groups excluding tert-OH is 1. The minimum atomic E-state index is -4.70. The van der Waals surface area contributed by atoms with E-state index in [1.54, 1.807) is 31.3 Å². The van der Waals surface area contributed by atoms with Gasteiger partial charge in [0.25, 0.3) is 0 Å². The maximum absolute atomic E-state index is 13.4. The number of anilines is 2. The molecule has 11 nitrogen and oxygen atoms in total. The second-order valence-corrected chi connectivity index (χ2v) is 13.4. The molecule has 3 heterocycles. The van der Waals surface area contributed by atoms with Gasteiger partial charge < -0.3 is 26.0 Å². The monoisotopic (exact) mass is 711 g/mol. The number of halogens is 3. The number of carbonyl (C=O) groups excluding carboxylic acids is 1. The summed E-state index contributed by atoms with van der Waals surface area (Å²) in [7, 11) is 1.73. The average Bonchev–Trinajstić information content (AvgIpc) is 3.71. The summed E-state index contributed by atoms with van der Waals surface area (Å²) >= 11 is 0. The number of hydrogen-bond donors (Lipinski definition) is 5. The Bertz CT molecular complexity index is 1990. The highest BCUT2D eigenvalue weighted by Crippen LogP contribution is 2.45. The Kier molecular flexibility index (Phi) is 10.2. The highest BCUT2D eigenvalue weighted by atomic mass is 19.4. The van der Waals surface area contributed by atoms with Crippen molar-refractivity contribution >= 4 is 40.7 Å². The van der Waals surface area contributed by atoms with Crippen LogP contribution in [0.2, 0.25) is 0 Å². The Morgan fingerprint density at radius 3 is 2.50 bits per heavy atom. The van der Waals surface area contributed by atoms with Crippen molar-refractivity contribution < 1.29 is 23.1 Å². The molecule has 0 aromatic heterocycles. The van der Waals surface area contributed by atoms with Gasteiger partial charge in [0.2, 0.25) is 5.91 Å². The fourth-order valence-electron chi connectivity index (χ4n) is 7.36. The Hall–Kier alpha value is -5.52. The minimum Gasteiger partial charge on any atom is -0.398 e. The van der Waals surface area contributed by atoms with Crippen molar-refractivity contribution in [3.63, 3.8) is 0 Å². The zero-order valence-electron chi connectivity index (χ0n) is 28.7. The van der Waals surface area contributed by atoms with Crippen molar-refractivity contribution in [2.24, 2.45) is 10.4 Å². The molecule has 270 valence electrons. The van der Waals surface area contributed by atoms with E-state index in [0.717, 1.165) is 35.8 Å². The van der Waals surface area contributed by atoms with Crippen LogP contribution in [-0.2, 0) is 11.0 Å². The zero-order chi connectivity index (χ0) is 37.2. The van der Waals surface area contributed by atoms with E-state index in [-0.39, 0.29) is 40.8 Å². The number of nitrogens with zero attached hydrogens (tertiary/aromatic N) is 5. The third kappa shape index (κ3) is 7.28. The van der Waals surface area contributed by atoms with Crippen LogP contribution in [0.1, 0.15) is 52.6 Å². The summed E-state index contributed by atoms with van der Waals surface area (Å²) in [6.45, 7) is 3.10. The van der Waals surface area contributed by atoms with Crippen LogP contribution >= 0.6 is 0 Å². The molecule has 52 heavy (non-hydrogen) atoms. The lowest BCUT2D eigenvalue weighted by molar-refractivity contribution is -0.137. The first-order chi connectivity index (χ1) is 24.8. The lowest BCUT2D eigenvalue weighted by atomic mass is 9.84. The van der Waals surface area contributed by atoms with Gasteiger partial charge in [-0.25, -0.2) is 4.99 Å². The predicted octanol–water partition coefficient (Wildman–Crippen LogP) is 4.69. The van der Waals surface area contributed by atoms with Gasteiger partial charge in [-0.05, 0) is 67.3 Å². The summed E-state index contributed by atoms with van der Waals surface area (Å²) in [6, 6.07) is 17.3. The molecule has 3 aliphatic heterocycles. The Morgan fingerprint density at radius 1 is 1.10 bits per heavy atom. The molecule has 0 radical (unpaired) electrons. The van der Waals surface area contributed by atoms with Crippen molar-refractivity contribution in [3.05, 3.63) is 100 Å². The fraction of sp³-hybridized carbons (Fsp3) is 0.342. The molecule has 1 unspecified atom stereocenters. The number of carbonyl (C=O) groups is 1. The van der Waals surface area contributed by atoms with E-state index in [1.807, 2.05) is 34.1 Å². The first-order valence-electron chi connectivity index (χ1n) is 17.0. The Morgan fingerprint density at radius 2 is 1.83 bits per heavy atom. The van der Waals surface area contributed by atoms with E-state index < -0.39 is 28.9 Å². The molecule has 14 heteroatoms. The van der Waals surface area contributed by atoms with Gasteiger partial charge in [-0.15, -0.1) is 0 Å². The number of nitrogen functional groups attached to an aromatic ring is 1. The number of alkyl halides is 3. The molecule has 0 bridgehead atoms. The average molecular weight is 712 g/mol. The Labute approximate surface area is 299 Å². The van der Waals surface area contributed by atoms with E-state index in [4.69, 9.17) is 16.6 Å². The number of nitrogens with one attached hydrogen (secondary N) is 3. The molecular weight excluding hydrogens is 671 g/mol. The van der Waals surface area contributed by atoms with E-state index in [2.05, 4.69) is 21.3 Å². The van der Waals surface area contributed by atoms with E-state index in [1.165, 1.54) is 6.34 Å². The third-order valence-electron chi connectivity index (χ3n) is 10.3. The van der Waals surface area contributed by atoms with Crippen LogP contribution in [0, 0.1) is 27.6 Å². The third-order valence-corrected chi connectivity index (χ3v) is 10.3. The number of hydrogen-bond acceptors (Lipinski definition) is 8. The molecule has 6 N–H and O–H groups in total. The van der Waals surface area contributed by atoms with Gasteiger partial charge in [-0.2, -0.15) is 18.4 Å². The van der Waals surface area contributed by atoms with Crippen molar-refractivity contribution in [1.29, 1.82) is 16.1 Å². The number of aliphatic hydroxyl groups is 1. The van der Waals surface area contributed by atoms with Gasteiger partial charge in [-0.1, -0.05) is 36.4 Å². The molecule has 0 aliphatic carbocycles. The van der Waals surface area contributed by atoms with Crippen LogP contribution in [0.15, 0.2) is 71.7 Å². The number of likely N-dealkylation sites (tertiary alicyclic amines) is 1. The smallest absolute Gasteiger partial charge is 0.398 e. The number of amidine groups is 1. The maximum atomic E-state index is 13.4. The Balaban J connectivity index is 1.07. The molecule has 0 saturated carbocycles. The topological polar surface area (TPSA) is 169 Å². The quantitative estimate of drug-likeness (QED) is 0.128. The first kappa shape index (κ1) is 36.3. The normalized spacial score (nSPS) is 20.7. The summed E-state index contributed by atoms with van der Waals surface area (Å²) in [4.78, 5) is 23.2. The largest absolute Gasteiger partial charge is 0.417 e. The van der Waals surface area contributed by atoms with E-state index >= 15 is 0 Å². The van der Waals surface area contributed by atoms with Gasteiger partial charge in [0.15, 0.2) is 5.84 Å². The maximum Gasteiger partial charge on any atom is 0.417 e. The number of aliphatic imine (C=N–C) groups is 1. The van der Waals surface area contributed by atoms with Crippen LogP contribution in [0.3, 0.4) is 0 Å². The lowest BCUT2D eigenvalue weighted by Gasteiger charge is -2.33. The molecule has 3 aromatic rings. The minimum absolute atomic E-state index is 0.0346.